The maximum Gasteiger partial charge on any atom is 0.340 e. The van der Waals surface area contributed by atoms with Gasteiger partial charge < -0.3 is 4.74 Å². The van der Waals surface area contributed by atoms with E-state index in [1.54, 1.807) is 0 Å². The molecular weight excluding hydrogens is 271 g/mol. The zero-order chi connectivity index (χ0) is 13.4. The fourth-order valence-corrected chi connectivity index (χ4v) is 1.78. The van der Waals surface area contributed by atoms with E-state index in [0.29, 0.717) is 6.07 Å². The molecule has 0 bridgehead atoms. The lowest BCUT2D eigenvalue weighted by Gasteiger charge is -2.07. The number of aromatic nitrogens is 1. The number of halogens is 4. The SMILES string of the molecule is COC(=O)c1cnc2c(F)cc(F)c(F)c2c1Cl. The van der Waals surface area contributed by atoms with Gasteiger partial charge in [0.2, 0.25) is 0 Å². The Balaban J connectivity index is 2.89. The van der Waals surface area contributed by atoms with E-state index < -0.39 is 39.3 Å². The lowest BCUT2D eigenvalue weighted by atomic mass is 10.1. The molecule has 3 nitrogen and oxygen atoms in total. The lowest BCUT2D eigenvalue weighted by molar-refractivity contribution is 0.0600. The number of fused-ring (bicyclic) bond motifs is 1. The quantitative estimate of drug-likeness (QED) is 0.593. The fraction of sp³-hybridized carbons (Fsp3) is 0.0909. The third kappa shape index (κ3) is 1.78. The monoisotopic (exact) mass is 275 g/mol. The minimum absolute atomic E-state index is 0.268. The van der Waals surface area contributed by atoms with Crippen molar-refractivity contribution in [2.24, 2.45) is 0 Å². The van der Waals surface area contributed by atoms with Crippen molar-refractivity contribution >= 4 is 28.5 Å². The highest BCUT2D eigenvalue weighted by atomic mass is 35.5. The van der Waals surface area contributed by atoms with Crippen LogP contribution in [0.2, 0.25) is 5.02 Å². The Labute approximate surface area is 104 Å². The van der Waals surface area contributed by atoms with E-state index in [1.165, 1.54) is 0 Å². The Morgan fingerprint density at radius 2 is 2.00 bits per heavy atom. The molecule has 2 rings (SSSR count). The molecule has 0 N–H and O–H groups in total. The van der Waals surface area contributed by atoms with Crippen LogP contribution in [0.25, 0.3) is 10.9 Å². The van der Waals surface area contributed by atoms with Gasteiger partial charge in [0.1, 0.15) is 5.52 Å². The zero-order valence-electron chi connectivity index (χ0n) is 8.93. The normalized spacial score (nSPS) is 10.7. The van der Waals surface area contributed by atoms with Crippen LogP contribution >= 0.6 is 11.6 Å². The van der Waals surface area contributed by atoms with Crippen molar-refractivity contribution in [3.63, 3.8) is 0 Å². The van der Waals surface area contributed by atoms with E-state index >= 15 is 0 Å². The van der Waals surface area contributed by atoms with Gasteiger partial charge in [0, 0.05) is 12.3 Å². The summed E-state index contributed by atoms with van der Waals surface area (Å²) in [6.45, 7) is 0. The van der Waals surface area contributed by atoms with Gasteiger partial charge in [-0.3, -0.25) is 4.98 Å². The third-order valence-electron chi connectivity index (χ3n) is 2.33. The molecule has 7 heteroatoms. The van der Waals surface area contributed by atoms with E-state index in [0.717, 1.165) is 13.3 Å². The molecular formula is C11H5ClF3NO2. The van der Waals surface area contributed by atoms with Crippen LogP contribution in [0, 0.1) is 17.5 Å². The number of nitrogens with zero attached hydrogens (tertiary/aromatic N) is 1. The molecule has 18 heavy (non-hydrogen) atoms. The first-order chi connectivity index (χ1) is 8.47. The number of methoxy groups -OCH3 is 1. The number of hydrogen-bond donors (Lipinski definition) is 0. The molecule has 94 valence electrons. The number of rotatable bonds is 1. The predicted octanol–water partition coefficient (Wildman–Crippen LogP) is 3.09. The molecule has 0 unspecified atom stereocenters. The van der Waals surface area contributed by atoms with Crippen molar-refractivity contribution in [2.75, 3.05) is 7.11 Å². The minimum atomic E-state index is -1.41. The third-order valence-corrected chi connectivity index (χ3v) is 2.72. The average Bonchev–Trinajstić information content (AvgIpc) is 2.35. The zero-order valence-corrected chi connectivity index (χ0v) is 9.69. The van der Waals surface area contributed by atoms with E-state index in [1.807, 2.05) is 0 Å². The van der Waals surface area contributed by atoms with Crippen molar-refractivity contribution in [1.82, 2.24) is 4.98 Å². The molecule has 1 heterocycles. The van der Waals surface area contributed by atoms with Crippen molar-refractivity contribution in [3.8, 4) is 0 Å². The molecule has 0 atom stereocenters. The van der Waals surface area contributed by atoms with E-state index in [4.69, 9.17) is 11.6 Å². The molecule has 1 aromatic carbocycles. The average molecular weight is 276 g/mol. The molecule has 0 saturated heterocycles. The van der Waals surface area contributed by atoms with Gasteiger partial charge in [-0.05, 0) is 0 Å². The van der Waals surface area contributed by atoms with Gasteiger partial charge >= 0.3 is 5.97 Å². The van der Waals surface area contributed by atoms with Crippen molar-refractivity contribution in [1.29, 1.82) is 0 Å². The number of pyridine rings is 1. The van der Waals surface area contributed by atoms with Gasteiger partial charge in [-0.25, -0.2) is 18.0 Å². The smallest absolute Gasteiger partial charge is 0.340 e. The molecule has 0 aliphatic heterocycles. The summed E-state index contributed by atoms with van der Waals surface area (Å²) in [7, 11) is 1.09. The van der Waals surface area contributed by atoms with Gasteiger partial charge in [0.25, 0.3) is 0 Å². The Kier molecular flexibility index (Phi) is 3.13. The topological polar surface area (TPSA) is 39.2 Å². The van der Waals surface area contributed by atoms with Gasteiger partial charge in [-0.15, -0.1) is 0 Å². The van der Waals surface area contributed by atoms with Crippen molar-refractivity contribution in [2.45, 2.75) is 0 Å². The van der Waals surface area contributed by atoms with Gasteiger partial charge in [-0.2, -0.15) is 0 Å². The van der Waals surface area contributed by atoms with Crippen LogP contribution < -0.4 is 0 Å². The Morgan fingerprint density at radius 1 is 1.33 bits per heavy atom. The molecule has 0 fully saturated rings. The first-order valence-corrected chi connectivity index (χ1v) is 5.05. The highest BCUT2D eigenvalue weighted by molar-refractivity contribution is 6.38. The Morgan fingerprint density at radius 3 is 2.61 bits per heavy atom. The molecule has 0 spiro atoms. The second kappa shape index (κ2) is 4.45. The molecule has 0 aliphatic rings. The van der Waals surface area contributed by atoms with Gasteiger partial charge in [0.05, 0.1) is 23.1 Å². The van der Waals surface area contributed by atoms with E-state index in [2.05, 4.69) is 9.72 Å². The molecule has 2 aromatic rings. The number of benzene rings is 1. The Hall–Kier alpha value is -1.82. The molecule has 0 amide bonds. The van der Waals surface area contributed by atoms with Gasteiger partial charge in [0.15, 0.2) is 17.5 Å². The Bertz CT molecular complexity index is 661. The molecule has 0 radical (unpaired) electrons. The number of ether oxygens (including phenoxy) is 1. The van der Waals surface area contributed by atoms with Crippen molar-refractivity contribution in [3.05, 3.63) is 40.3 Å². The second-order valence-electron chi connectivity index (χ2n) is 3.36. The first-order valence-electron chi connectivity index (χ1n) is 4.67. The largest absolute Gasteiger partial charge is 0.465 e. The standard InChI is InChI=1S/C11H5ClF3NO2/c1-18-11(17)4-3-16-10-6(14)2-5(13)9(15)7(10)8(4)12/h2-3H,1H3. The lowest BCUT2D eigenvalue weighted by Crippen LogP contribution is -2.05. The molecule has 0 aliphatic carbocycles. The second-order valence-corrected chi connectivity index (χ2v) is 3.73. The number of carbonyl (C=O) groups excluding carboxylic acids is 1. The number of hydrogen-bond acceptors (Lipinski definition) is 3. The highest BCUT2D eigenvalue weighted by Crippen LogP contribution is 2.31. The van der Waals surface area contributed by atoms with Crippen LogP contribution in [-0.2, 0) is 4.74 Å². The maximum atomic E-state index is 13.6. The fourth-order valence-electron chi connectivity index (χ4n) is 1.48. The summed E-state index contributed by atoms with van der Waals surface area (Å²) in [5.74, 6) is -4.72. The summed E-state index contributed by atoms with van der Waals surface area (Å²) >= 11 is 5.75. The van der Waals surface area contributed by atoms with Crippen LogP contribution in [0.4, 0.5) is 13.2 Å². The first kappa shape index (κ1) is 12.6. The molecule has 1 aromatic heterocycles. The minimum Gasteiger partial charge on any atom is -0.465 e. The summed E-state index contributed by atoms with van der Waals surface area (Å²) in [6, 6.07) is 0.360. The van der Waals surface area contributed by atoms with E-state index in [9.17, 15) is 18.0 Å². The van der Waals surface area contributed by atoms with Crippen LogP contribution in [0.5, 0.6) is 0 Å². The summed E-state index contributed by atoms with van der Waals surface area (Å²) < 4.78 is 44.4. The number of esters is 1. The van der Waals surface area contributed by atoms with Gasteiger partial charge in [-0.1, -0.05) is 11.6 Å². The van der Waals surface area contributed by atoms with Crippen molar-refractivity contribution < 1.29 is 22.7 Å². The summed E-state index contributed by atoms with van der Waals surface area (Å²) in [6.07, 6.45) is 0.941. The predicted molar refractivity (Wildman–Crippen MR) is 58.0 cm³/mol. The van der Waals surface area contributed by atoms with Crippen LogP contribution in [0.3, 0.4) is 0 Å². The maximum absolute atomic E-state index is 13.6. The van der Waals surface area contributed by atoms with Crippen LogP contribution in [0.1, 0.15) is 10.4 Å². The highest BCUT2D eigenvalue weighted by Gasteiger charge is 2.21. The van der Waals surface area contributed by atoms with Crippen LogP contribution in [0.15, 0.2) is 12.3 Å². The summed E-state index contributed by atoms with van der Waals surface area (Å²) in [5.41, 5.74) is -0.720. The van der Waals surface area contributed by atoms with E-state index in [-0.39, 0.29) is 5.56 Å². The summed E-state index contributed by atoms with van der Waals surface area (Å²) in [4.78, 5) is 14.8. The summed E-state index contributed by atoms with van der Waals surface area (Å²) in [5, 5.41) is -1.03. The van der Waals surface area contributed by atoms with Crippen LogP contribution in [-0.4, -0.2) is 18.1 Å². The molecule has 0 saturated carbocycles. The number of carbonyl (C=O) groups is 1.